The Bertz CT molecular complexity index is 386. The summed E-state index contributed by atoms with van der Waals surface area (Å²) in [6.45, 7) is 6.87. The van der Waals surface area contributed by atoms with Crippen LogP contribution in [0.3, 0.4) is 0 Å². The van der Waals surface area contributed by atoms with Gasteiger partial charge in [0.15, 0.2) is 0 Å². The van der Waals surface area contributed by atoms with E-state index in [4.69, 9.17) is 0 Å². The largest absolute Gasteiger partial charge is 0.335 e. The van der Waals surface area contributed by atoms with Crippen LogP contribution in [0.2, 0.25) is 0 Å². The van der Waals surface area contributed by atoms with Gasteiger partial charge in [0.25, 0.3) is 5.91 Å². The number of aryl methyl sites for hydroxylation is 1. The first kappa shape index (κ1) is 12.1. The highest BCUT2D eigenvalue weighted by Gasteiger charge is 2.22. The Hall–Kier alpha value is -1.35. The lowest BCUT2D eigenvalue weighted by Gasteiger charge is -2.27. The Kier molecular flexibility index (Phi) is 3.79. The van der Waals surface area contributed by atoms with Crippen LogP contribution >= 0.6 is 0 Å². The Morgan fingerprint density at radius 2 is 2.06 bits per heavy atom. The third-order valence-electron chi connectivity index (χ3n) is 3.28. The van der Waals surface area contributed by atoms with Crippen molar-refractivity contribution in [3.05, 3.63) is 35.4 Å². The summed E-state index contributed by atoms with van der Waals surface area (Å²) >= 11 is 0. The highest BCUT2D eigenvalue weighted by Crippen LogP contribution is 2.11. The van der Waals surface area contributed by atoms with Crippen LogP contribution in [-0.4, -0.2) is 36.5 Å². The fraction of sp³-hybridized carbons (Fsp3) is 0.500. The molecule has 0 radical (unpaired) electrons. The molecule has 1 aromatic carbocycles. The standard InChI is InChI=1S/C14H20N2O/c1-11-4-6-13(7-5-11)14(17)16-9-3-8-15-10-12(16)2/h4-7,12,15H,3,8-10H2,1-2H3. The molecule has 1 N–H and O–H groups in total. The Labute approximate surface area is 103 Å². The lowest BCUT2D eigenvalue weighted by molar-refractivity contribution is 0.0707. The monoisotopic (exact) mass is 232 g/mol. The molecule has 1 aliphatic heterocycles. The van der Waals surface area contributed by atoms with Crippen molar-refractivity contribution in [3.63, 3.8) is 0 Å². The van der Waals surface area contributed by atoms with Crippen LogP contribution in [0.25, 0.3) is 0 Å². The third kappa shape index (κ3) is 2.86. The highest BCUT2D eigenvalue weighted by molar-refractivity contribution is 5.94. The molecular formula is C14H20N2O. The minimum atomic E-state index is 0.154. The molecule has 0 bridgehead atoms. The molecule has 1 fully saturated rings. The van der Waals surface area contributed by atoms with Crippen molar-refractivity contribution >= 4 is 5.91 Å². The number of nitrogens with zero attached hydrogens (tertiary/aromatic N) is 1. The second-order valence-electron chi connectivity index (χ2n) is 4.77. The molecule has 1 unspecified atom stereocenters. The van der Waals surface area contributed by atoms with Crippen LogP contribution in [0.15, 0.2) is 24.3 Å². The van der Waals surface area contributed by atoms with E-state index in [2.05, 4.69) is 12.2 Å². The summed E-state index contributed by atoms with van der Waals surface area (Å²) in [5.41, 5.74) is 1.98. The van der Waals surface area contributed by atoms with Gasteiger partial charge < -0.3 is 10.2 Å². The fourth-order valence-electron chi connectivity index (χ4n) is 2.18. The zero-order valence-electron chi connectivity index (χ0n) is 10.6. The van der Waals surface area contributed by atoms with Gasteiger partial charge in [0.05, 0.1) is 0 Å². The van der Waals surface area contributed by atoms with Crippen molar-refractivity contribution < 1.29 is 4.79 Å². The van der Waals surface area contributed by atoms with Crippen molar-refractivity contribution in [3.8, 4) is 0 Å². The highest BCUT2D eigenvalue weighted by atomic mass is 16.2. The van der Waals surface area contributed by atoms with Gasteiger partial charge in [-0.15, -0.1) is 0 Å². The van der Waals surface area contributed by atoms with E-state index in [1.165, 1.54) is 5.56 Å². The van der Waals surface area contributed by atoms with Crippen molar-refractivity contribution in [1.82, 2.24) is 10.2 Å². The Morgan fingerprint density at radius 3 is 2.76 bits per heavy atom. The summed E-state index contributed by atoms with van der Waals surface area (Å²) in [5, 5.41) is 3.35. The molecule has 0 aromatic heterocycles. The molecule has 1 heterocycles. The molecule has 1 atom stereocenters. The number of carbonyl (C=O) groups excluding carboxylic acids is 1. The summed E-state index contributed by atoms with van der Waals surface area (Å²) in [6.07, 6.45) is 1.03. The smallest absolute Gasteiger partial charge is 0.254 e. The molecule has 1 aromatic rings. The van der Waals surface area contributed by atoms with Crippen molar-refractivity contribution in [2.75, 3.05) is 19.6 Å². The van der Waals surface area contributed by atoms with Crippen molar-refractivity contribution in [2.24, 2.45) is 0 Å². The number of hydrogen-bond acceptors (Lipinski definition) is 2. The third-order valence-corrected chi connectivity index (χ3v) is 3.28. The normalized spacial score (nSPS) is 21.1. The molecule has 2 rings (SSSR count). The molecule has 3 heteroatoms. The molecule has 1 saturated heterocycles. The van der Waals surface area contributed by atoms with Crippen LogP contribution in [0, 0.1) is 6.92 Å². The van der Waals surface area contributed by atoms with Gasteiger partial charge >= 0.3 is 0 Å². The molecule has 0 spiro atoms. The van der Waals surface area contributed by atoms with Gasteiger partial charge in [-0.1, -0.05) is 17.7 Å². The molecule has 0 saturated carbocycles. The van der Waals surface area contributed by atoms with Crippen LogP contribution in [0.4, 0.5) is 0 Å². The summed E-state index contributed by atoms with van der Waals surface area (Å²) < 4.78 is 0. The molecule has 17 heavy (non-hydrogen) atoms. The second kappa shape index (κ2) is 5.32. The van der Waals surface area contributed by atoms with E-state index in [1.54, 1.807) is 0 Å². The predicted octanol–water partition coefficient (Wildman–Crippen LogP) is 1.82. The number of hydrogen-bond donors (Lipinski definition) is 1. The van der Waals surface area contributed by atoms with E-state index >= 15 is 0 Å². The Morgan fingerprint density at radius 1 is 1.35 bits per heavy atom. The first-order chi connectivity index (χ1) is 8.18. The second-order valence-corrected chi connectivity index (χ2v) is 4.77. The van der Waals surface area contributed by atoms with E-state index < -0.39 is 0 Å². The minimum Gasteiger partial charge on any atom is -0.335 e. The maximum absolute atomic E-state index is 12.4. The first-order valence-electron chi connectivity index (χ1n) is 6.27. The van der Waals surface area contributed by atoms with Crippen LogP contribution in [0.5, 0.6) is 0 Å². The van der Waals surface area contributed by atoms with Gasteiger partial charge in [0.1, 0.15) is 0 Å². The molecule has 92 valence electrons. The van der Waals surface area contributed by atoms with Crippen LogP contribution in [0.1, 0.15) is 29.3 Å². The van der Waals surface area contributed by atoms with Crippen LogP contribution in [-0.2, 0) is 0 Å². The number of benzene rings is 1. The molecule has 0 aliphatic carbocycles. The van der Waals surface area contributed by atoms with Crippen LogP contribution < -0.4 is 5.32 Å². The molecule has 3 nitrogen and oxygen atoms in total. The number of amides is 1. The first-order valence-corrected chi connectivity index (χ1v) is 6.27. The summed E-state index contributed by atoms with van der Waals surface area (Å²) in [4.78, 5) is 14.3. The maximum Gasteiger partial charge on any atom is 0.254 e. The number of carbonyl (C=O) groups is 1. The summed E-state index contributed by atoms with van der Waals surface area (Å²) in [7, 11) is 0. The van der Waals surface area contributed by atoms with Gasteiger partial charge in [-0.05, 0) is 38.9 Å². The lowest BCUT2D eigenvalue weighted by atomic mass is 10.1. The topological polar surface area (TPSA) is 32.3 Å². The average molecular weight is 232 g/mol. The fourth-order valence-corrected chi connectivity index (χ4v) is 2.18. The van der Waals surface area contributed by atoms with E-state index in [-0.39, 0.29) is 11.9 Å². The average Bonchev–Trinajstić information content (AvgIpc) is 2.54. The number of rotatable bonds is 1. The van der Waals surface area contributed by atoms with Gasteiger partial charge in [0.2, 0.25) is 0 Å². The predicted molar refractivity (Wildman–Crippen MR) is 69.2 cm³/mol. The van der Waals surface area contributed by atoms with Crippen molar-refractivity contribution in [2.45, 2.75) is 26.3 Å². The molecule has 1 amide bonds. The summed E-state index contributed by atoms with van der Waals surface area (Å²) in [6, 6.07) is 8.10. The van der Waals surface area contributed by atoms with Gasteiger partial charge in [0, 0.05) is 24.7 Å². The van der Waals surface area contributed by atoms with E-state index in [1.807, 2.05) is 36.1 Å². The molecule has 1 aliphatic rings. The van der Waals surface area contributed by atoms with E-state index in [0.29, 0.717) is 0 Å². The van der Waals surface area contributed by atoms with Gasteiger partial charge in [-0.3, -0.25) is 4.79 Å². The number of nitrogens with one attached hydrogen (secondary N) is 1. The SMILES string of the molecule is Cc1ccc(C(=O)N2CCCNCC2C)cc1. The zero-order valence-corrected chi connectivity index (χ0v) is 10.6. The van der Waals surface area contributed by atoms with E-state index in [9.17, 15) is 4.79 Å². The zero-order chi connectivity index (χ0) is 12.3. The molecular weight excluding hydrogens is 212 g/mol. The lowest BCUT2D eigenvalue weighted by Crippen LogP contribution is -2.41. The van der Waals surface area contributed by atoms with Crippen molar-refractivity contribution in [1.29, 1.82) is 0 Å². The van der Waals surface area contributed by atoms with Gasteiger partial charge in [-0.2, -0.15) is 0 Å². The quantitative estimate of drug-likeness (QED) is 0.801. The van der Waals surface area contributed by atoms with E-state index in [0.717, 1.165) is 31.6 Å². The summed E-state index contributed by atoms with van der Waals surface area (Å²) in [5.74, 6) is 0.154. The maximum atomic E-state index is 12.4. The minimum absolute atomic E-state index is 0.154. The Balaban J connectivity index is 2.15. The van der Waals surface area contributed by atoms with Gasteiger partial charge in [-0.25, -0.2) is 0 Å².